The number of aliphatic hydroxyl groups is 1. The monoisotopic (exact) mass is 474 g/mol. The van der Waals surface area contributed by atoms with E-state index in [9.17, 15) is 19.5 Å². The van der Waals surface area contributed by atoms with Gasteiger partial charge in [-0.1, -0.05) is 6.92 Å². The molecule has 1 spiro atoms. The van der Waals surface area contributed by atoms with Crippen molar-refractivity contribution >= 4 is 23.5 Å². The molecule has 3 heterocycles. The molecule has 4 rings (SSSR count). The second kappa shape index (κ2) is 9.54. The SMILES string of the molecule is CCOC(=O)[C@H]1[C@H]2C(=O)N(CCCCO)C(C(=O)Nc3ccc(OC)cc3)C23CC[C@]1(CC)O3. The number of anilines is 1. The molecule has 9 heteroatoms. The molecular formula is C25H34N2O7. The van der Waals surface area contributed by atoms with Crippen LogP contribution in [0.5, 0.6) is 5.75 Å². The van der Waals surface area contributed by atoms with Gasteiger partial charge in [0.25, 0.3) is 0 Å². The molecule has 3 aliphatic heterocycles. The highest BCUT2D eigenvalue weighted by Crippen LogP contribution is 2.64. The van der Waals surface area contributed by atoms with E-state index in [0.717, 1.165) is 0 Å². The number of aliphatic hydroxyl groups excluding tert-OH is 1. The molecular weight excluding hydrogens is 440 g/mol. The minimum Gasteiger partial charge on any atom is -0.497 e. The van der Waals surface area contributed by atoms with E-state index in [-0.39, 0.29) is 25.0 Å². The number of likely N-dealkylation sites (tertiary alicyclic amines) is 1. The highest BCUT2D eigenvalue weighted by atomic mass is 16.6. The number of hydrogen-bond donors (Lipinski definition) is 2. The molecule has 186 valence electrons. The number of carbonyl (C=O) groups is 3. The number of benzene rings is 1. The summed E-state index contributed by atoms with van der Waals surface area (Å²) in [6.07, 6.45) is 2.72. The fourth-order valence-corrected chi connectivity index (χ4v) is 6.13. The van der Waals surface area contributed by atoms with Gasteiger partial charge in [0.1, 0.15) is 23.3 Å². The lowest BCUT2D eigenvalue weighted by atomic mass is 9.65. The Morgan fingerprint density at radius 3 is 2.56 bits per heavy atom. The van der Waals surface area contributed by atoms with Gasteiger partial charge in [0.2, 0.25) is 11.8 Å². The molecule has 0 radical (unpaired) electrons. The van der Waals surface area contributed by atoms with E-state index in [1.54, 1.807) is 43.2 Å². The summed E-state index contributed by atoms with van der Waals surface area (Å²) >= 11 is 0. The summed E-state index contributed by atoms with van der Waals surface area (Å²) in [5.41, 5.74) is -1.31. The van der Waals surface area contributed by atoms with Crippen molar-refractivity contribution in [3.63, 3.8) is 0 Å². The number of hydrogen-bond acceptors (Lipinski definition) is 7. The van der Waals surface area contributed by atoms with E-state index in [4.69, 9.17) is 14.2 Å². The van der Waals surface area contributed by atoms with Crippen LogP contribution in [0.25, 0.3) is 0 Å². The van der Waals surface area contributed by atoms with Crippen molar-refractivity contribution in [2.45, 2.75) is 63.2 Å². The number of methoxy groups -OCH3 is 1. The second-order valence-corrected chi connectivity index (χ2v) is 9.27. The lowest BCUT2D eigenvalue weighted by molar-refractivity contribution is -0.160. The molecule has 1 aromatic rings. The number of rotatable bonds is 10. The first-order chi connectivity index (χ1) is 16.4. The Hall–Kier alpha value is -2.65. The van der Waals surface area contributed by atoms with Gasteiger partial charge in [-0.3, -0.25) is 14.4 Å². The lowest BCUT2D eigenvalue weighted by Gasteiger charge is -2.33. The van der Waals surface area contributed by atoms with Crippen LogP contribution in [-0.2, 0) is 23.9 Å². The molecule has 0 aromatic heterocycles. The van der Waals surface area contributed by atoms with Crippen molar-refractivity contribution in [3.05, 3.63) is 24.3 Å². The third-order valence-corrected chi connectivity index (χ3v) is 7.63. The molecule has 0 saturated carbocycles. The van der Waals surface area contributed by atoms with Crippen LogP contribution in [0.2, 0.25) is 0 Å². The summed E-state index contributed by atoms with van der Waals surface area (Å²) < 4.78 is 17.2. The van der Waals surface area contributed by atoms with E-state index in [0.29, 0.717) is 50.1 Å². The Bertz CT molecular complexity index is 936. The van der Waals surface area contributed by atoms with Crippen LogP contribution in [0.4, 0.5) is 5.69 Å². The number of esters is 1. The van der Waals surface area contributed by atoms with Gasteiger partial charge in [-0.25, -0.2) is 0 Å². The first-order valence-electron chi connectivity index (χ1n) is 12.1. The Balaban J connectivity index is 1.69. The number of nitrogens with zero attached hydrogens (tertiary/aromatic N) is 1. The molecule has 2 amide bonds. The zero-order valence-electron chi connectivity index (χ0n) is 20.0. The predicted octanol–water partition coefficient (Wildman–Crippen LogP) is 2.12. The normalized spacial score (nSPS) is 31.5. The maximum Gasteiger partial charge on any atom is 0.312 e. The van der Waals surface area contributed by atoms with Gasteiger partial charge in [-0.2, -0.15) is 0 Å². The molecule has 2 N–H and O–H groups in total. The number of carbonyl (C=O) groups excluding carboxylic acids is 3. The molecule has 3 saturated heterocycles. The summed E-state index contributed by atoms with van der Waals surface area (Å²) in [4.78, 5) is 42.1. The van der Waals surface area contributed by atoms with Crippen molar-refractivity contribution in [3.8, 4) is 5.75 Å². The average molecular weight is 475 g/mol. The van der Waals surface area contributed by atoms with Crippen LogP contribution in [0.1, 0.15) is 46.0 Å². The molecule has 9 nitrogen and oxygen atoms in total. The summed E-state index contributed by atoms with van der Waals surface area (Å²) in [7, 11) is 1.57. The van der Waals surface area contributed by atoms with Crippen LogP contribution in [0.15, 0.2) is 24.3 Å². The average Bonchev–Trinajstić information content (AvgIpc) is 3.44. The summed E-state index contributed by atoms with van der Waals surface area (Å²) in [6.45, 7) is 4.20. The van der Waals surface area contributed by atoms with Crippen molar-refractivity contribution < 1.29 is 33.7 Å². The number of nitrogens with one attached hydrogen (secondary N) is 1. The van der Waals surface area contributed by atoms with E-state index in [2.05, 4.69) is 5.32 Å². The highest BCUT2D eigenvalue weighted by molar-refractivity contribution is 6.03. The Labute approximate surface area is 199 Å². The highest BCUT2D eigenvalue weighted by Gasteiger charge is 2.78. The zero-order valence-corrected chi connectivity index (χ0v) is 20.0. The second-order valence-electron chi connectivity index (χ2n) is 9.27. The standard InChI is InChI=1S/C25H34N2O7/c1-4-24-12-13-25(34-24)18(19(24)23(31)33-5-2)22(30)27(14-6-7-15-28)20(25)21(29)26-16-8-10-17(32-3)11-9-16/h8-11,18-20,28H,4-7,12-15H2,1-3H3,(H,26,29)/t18-,19+,20?,24-,25?/m0/s1. The fourth-order valence-electron chi connectivity index (χ4n) is 6.13. The Kier molecular flexibility index (Phi) is 6.87. The van der Waals surface area contributed by atoms with Gasteiger partial charge in [0.15, 0.2) is 0 Å². The lowest BCUT2D eigenvalue weighted by Crippen LogP contribution is -2.53. The summed E-state index contributed by atoms with van der Waals surface area (Å²) in [6, 6.07) is 6.09. The minimum absolute atomic E-state index is 0.000208. The van der Waals surface area contributed by atoms with Gasteiger partial charge >= 0.3 is 5.97 Å². The number of unbranched alkanes of at least 4 members (excludes halogenated alkanes) is 1. The third-order valence-electron chi connectivity index (χ3n) is 7.63. The van der Waals surface area contributed by atoms with Crippen molar-refractivity contribution in [2.24, 2.45) is 11.8 Å². The van der Waals surface area contributed by atoms with E-state index < -0.39 is 35.0 Å². The van der Waals surface area contributed by atoms with Crippen molar-refractivity contribution in [1.29, 1.82) is 0 Å². The quantitative estimate of drug-likeness (QED) is 0.394. The largest absolute Gasteiger partial charge is 0.497 e. The predicted molar refractivity (Wildman–Crippen MR) is 123 cm³/mol. The smallest absolute Gasteiger partial charge is 0.312 e. The van der Waals surface area contributed by atoms with Crippen LogP contribution in [0, 0.1) is 11.8 Å². The summed E-state index contributed by atoms with van der Waals surface area (Å²) in [5.74, 6) is -1.87. The van der Waals surface area contributed by atoms with Crippen LogP contribution >= 0.6 is 0 Å². The number of amides is 2. The zero-order chi connectivity index (χ0) is 24.5. The van der Waals surface area contributed by atoms with Crippen molar-refractivity contribution in [2.75, 3.05) is 32.2 Å². The van der Waals surface area contributed by atoms with Gasteiger partial charge in [0, 0.05) is 18.8 Å². The molecule has 5 atom stereocenters. The van der Waals surface area contributed by atoms with Gasteiger partial charge in [0.05, 0.1) is 25.2 Å². The number of ether oxygens (including phenoxy) is 3. The van der Waals surface area contributed by atoms with Crippen LogP contribution in [0.3, 0.4) is 0 Å². The Morgan fingerprint density at radius 1 is 1.21 bits per heavy atom. The van der Waals surface area contributed by atoms with E-state index in [1.807, 2.05) is 6.92 Å². The molecule has 3 fully saturated rings. The van der Waals surface area contributed by atoms with Gasteiger partial charge < -0.3 is 29.5 Å². The molecule has 2 bridgehead atoms. The molecule has 0 aliphatic carbocycles. The van der Waals surface area contributed by atoms with E-state index >= 15 is 0 Å². The first kappa shape index (κ1) is 24.5. The van der Waals surface area contributed by atoms with Gasteiger partial charge in [-0.05, 0) is 63.3 Å². The topological polar surface area (TPSA) is 114 Å². The summed E-state index contributed by atoms with van der Waals surface area (Å²) in [5, 5.41) is 12.2. The molecule has 1 aromatic carbocycles. The third kappa shape index (κ3) is 3.75. The molecule has 3 aliphatic rings. The Morgan fingerprint density at radius 2 is 1.94 bits per heavy atom. The van der Waals surface area contributed by atoms with Gasteiger partial charge in [-0.15, -0.1) is 0 Å². The van der Waals surface area contributed by atoms with E-state index in [1.165, 1.54) is 0 Å². The molecule has 34 heavy (non-hydrogen) atoms. The maximum absolute atomic E-state index is 13.8. The van der Waals surface area contributed by atoms with Crippen LogP contribution in [-0.4, -0.2) is 71.9 Å². The van der Waals surface area contributed by atoms with Crippen molar-refractivity contribution in [1.82, 2.24) is 4.90 Å². The fraction of sp³-hybridized carbons (Fsp3) is 0.640. The molecule has 2 unspecified atom stereocenters. The maximum atomic E-state index is 13.8. The first-order valence-corrected chi connectivity index (χ1v) is 12.1. The minimum atomic E-state index is -1.08. The van der Waals surface area contributed by atoms with Crippen LogP contribution < -0.4 is 10.1 Å². The number of fused-ring (bicyclic) bond motifs is 1.